The van der Waals surface area contributed by atoms with Crippen molar-refractivity contribution in [1.29, 1.82) is 0 Å². The first-order chi connectivity index (χ1) is 12.2. The zero-order valence-electron chi connectivity index (χ0n) is 12.9. The Kier molecular flexibility index (Phi) is 3.65. The third-order valence-corrected chi connectivity index (χ3v) is 3.44. The molecule has 9 heteroatoms. The molecule has 0 saturated heterocycles. The SMILES string of the molecule is O=C(Cc1ccn(-c2ccc(F)cc2)n1)Nc1nc2ncccn2n1. The first-order valence-electron chi connectivity index (χ1n) is 7.45. The molecule has 124 valence electrons. The van der Waals surface area contributed by atoms with Crippen molar-refractivity contribution in [2.75, 3.05) is 5.32 Å². The number of aromatic nitrogens is 6. The molecule has 0 radical (unpaired) electrons. The predicted octanol–water partition coefficient (Wildman–Crippen LogP) is 1.63. The first kappa shape index (κ1) is 14.9. The number of halogens is 1. The summed E-state index contributed by atoms with van der Waals surface area (Å²) in [5.41, 5.74) is 1.28. The highest BCUT2D eigenvalue weighted by Crippen LogP contribution is 2.10. The zero-order valence-corrected chi connectivity index (χ0v) is 12.9. The molecule has 0 aliphatic heterocycles. The normalized spacial score (nSPS) is 10.9. The van der Waals surface area contributed by atoms with Crippen LogP contribution in [0.25, 0.3) is 11.5 Å². The van der Waals surface area contributed by atoms with Crippen LogP contribution in [0.3, 0.4) is 0 Å². The monoisotopic (exact) mass is 337 g/mol. The van der Waals surface area contributed by atoms with Gasteiger partial charge in [-0.25, -0.2) is 18.6 Å². The van der Waals surface area contributed by atoms with Gasteiger partial charge in [-0.15, -0.1) is 5.10 Å². The van der Waals surface area contributed by atoms with E-state index >= 15 is 0 Å². The lowest BCUT2D eigenvalue weighted by Gasteiger charge is -2.01. The predicted molar refractivity (Wildman–Crippen MR) is 86.6 cm³/mol. The Hall–Kier alpha value is -3.62. The number of hydrogen-bond acceptors (Lipinski definition) is 5. The largest absolute Gasteiger partial charge is 0.293 e. The molecule has 3 aromatic heterocycles. The smallest absolute Gasteiger partial charge is 0.253 e. The van der Waals surface area contributed by atoms with E-state index in [1.54, 1.807) is 47.5 Å². The van der Waals surface area contributed by atoms with Gasteiger partial charge >= 0.3 is 0 Å². The number of nitrogens with one attached hydrogen (secondary N) is 1. The summed E-state index contributed by atoms with van der Waals surface area (Å²) in [4.78, 5) is 20.3. The molecule has 3 heterocycles. The summed E-state index contributed by atoms with van der Waals surface area (Å²) in [6, 6.07) is 9.37. The summed E-state index contributed by atoms with van der Waals surface area (Å²) >= 11 is 0. The summed E-state index contributed by atoms with van der Waals surface area (Å²) in [6.07, 6.45) is 5.06. The van der Waals surface area contributed by atoms with Crippen molar-refractivity contribution in [3.05, 3.63) is 66.5 Å². The summed E-state index contributed by atoms with van der Waals surface area (Å²) in [5.74, 6) is -0.0229. The molecule has 0 spiro atoms. The van der Waals surface area contributed by atoms with E-state index in [0.717, 1.165) is 0 Å². The van der Waals surface area contributed by atoms with E-state index in [0.29, 0.717) is 17.2 Å². The molecule has 8 nitrogen and oxygen atoms in total. The van der Waals surface area contributed by atoms with Gasteiger partial charge in [0.25, 0.3) is 11.7 Å². The van der Waals surface area contributed by atoms with Crippen LogP contribution in [-0.2, 0) is 11.2 Å². The number of carbonyl (C=O) groups is 1. The summed E-state index contributed by atoms with van der Waals surface area (Å²) in [6.45, 7) is 0. The number of amides is 1. The Morgan fingerprint density at radius 3 is 2.76 bits per heavy atom. The molecule has 1 N–H and O–H groups in total. The fourth-order valence-electron chi connectivity index (χ4n) is 2.31. The highest BCUT2D eigenvalue weighted by atomic mass is 19.1. The maximum Gasteiger partial charge on any atom is 0.253 e. The number of anilines is 1. The summed E-state index contributed by atoms with van der Waals surface area (Å²) in [5, 5.41) is 11.0. The van der Waals surface area contributed by atoms with Crippen molar-refractivity contribution in [3.8, 4) is 5.69 Å². The Morgan fingerprint density at radius 1 is 1.12 bits per heavy atom. The number of carbonyl (C=O) groups excluding carboxylic acids is 1. The molecule has 1 amide bonds. The molecule has 4 aromatic rings. The summed E-state index contributed by atoms with van der Waals surface area (Å²) in [7, 11) is 0. The second kappa shape index (κ2) is 6.11. The van der Waals surface area contributed by atoms with Gasteiger partial charge in [0.05, 0.1) is 17.8 Å². The Balaban J connectivity index is 1.45. The van der Waals surface area contributed by atoms with Gasteiger partial charge in [-0.05, 0) is 36.4 Å². The van der Waals surface area contributed by atoms with Crippen LogP contribution < -0.4 is 5.32 Å². The van der Waals surface area contributed by atoms with Crippen LogP contribution in [0.15, 0.2) is 55.0 Å². The molecule has 0 bridgehead atoms. The van der Waals surface area contributed by atoms with Crippen LogP contribution in [0, 0.1) is 5.82 Å². The standard InChI is InChI=1S/C16H12FN7O/c17-11-2-4-13(5-3-11)23-9-6-12(21-23)10-14(25)19-15-20-16-18-7-1-8-24(16)22-15/h1-9H,10H2,(H,19,22,25). The molecule has 0 atom stereocenters. The lowest BCUT2D eigenvalue weighted by atomic mass is 10.3. The van der Waals surface area contributed by atoms with E-state index in [-0.39, 0.29) is 24.1 Å². The van der Waals surface area contributed by atoms with Gasteiger partial charge in [0.1, 0.15) is 5.82 Å². The van der Waals surface area contributed by atoms with E-state index in [1.807, 2.05) is 0 Å². The molecular weight excluding hydrogens is 325 g/mol. The van der Waals surface area contributed by atoms with Gasteiger partial charge in [0.15, 0.2) is 0 Å². The van der Waals surface area contributed by atoms with E-state index in [4.69, 9.17) is 0 Å². The van der Waals surface area contributed by atoms with E-state index in [2.05, 4.69) is 25.5 Å². The van der Waals surface area contributed by atoms with Gasteiger partial charge < -0.3 is 0 Å². The second-order valence-corrected chi connectivity index (χ2v) is 5.25. The highest BCUT2D eigenvalue weighted by molar-refractivity contribution is 5.90. The molecule has 0 aliphatic carbocycles. The van der Waals surface area contributed by atoms with Gasteiger partial charge in [-0.3, -0.25) is 10.1 Å². The fraction of sp³-hybridized carbons (Fsp3) is 0.0625. The number of nitrogens with zero attached hydrogens (tertiary/aromatic N) is 6. The lowest BCUT2D eigenvalue weighted by molar-refractivity contribution is -0.115. The Bertz CT molecular complexity index is 1010. The number of hydrogen-bond donors (Lipinski definition) is 1. The van der Waals surface area contributed by atoms with Crippen molar-refractivity contribution >= 4 is 17.6 Å². The van der Waals surface area contributed by atoms with Crippen molar-refractivity contribution in [2.24, 2.45) is 0 Å². The lowest BCUT2D eigenvalue weighted by Crippen LogP contribution is -2.16. The van der Waals surface area contributed by atoms with Crippen LogP contribution in [0.5, 0.6) is 0 Å². The van der Waals surface area contributed by atoms with Crippen LogP contribution in [0.1, 0.15) is 5.69 Å². The highest BCUT2D eigenvalue weighted by Gasteiger charge is 2.11. The van der Waals surface area contributed by atoms with Gasteiger partial charge in [0, 0.05) is 18.6 Å². The molecule has 0 fully saturated rings. The minimum Gasteiger partial charge on any atom is -0.293 e. The maximum absolute atomic E-state index is 13.0. The maximum atomic E-state index is 13.0. The molecule has 0 aliphatic rings. The number of fused-ring (bicyclic) bond motifs is 1. The zero-order chi connectivity index (χ0) is 17.2. The minimum absolute atomic E-state index is 0.0666. The van der Waals surface area contributed by atoms with Crippen molar-refractivity contribution in [3.63, 3.8) is 0 Å². The average Bonchev–Trinajstić information content (AvgIpc) is 3.21. The van der Waals surface area contributed by atoms with Crippen molar-refractivity contribution in [1.82, 2.24) is 29.4 Å². The fourth-order valence-corrected chi connectivity index (χ4v) is 2.31. The second-order valence-electron chi connectivity index (χ2n) is 5.25. The number of rotatable bonds is 4. The molecule has 0 unspecified atom stereocenters. The minimum atomic E-state index is -0.315. The topological polar surface area (TPSA) is 90.0 Å². The van der Waals surface area contributed by atoms with Crippen molar-refractivity contribution in [2.45, 2.75) is 6.42 Å². The molecule has 25 heavy (non-hydrogen) atoms. The molecule has 4 rings (SSSR count). The Morgan fingerprint density at radius 2 is 1.96 bits per heavy atom. The van der Waals surface area contributed by atoms with Crippen LogP contribution in [0.4, 0.5) is 10.3 Å². The van der Waals surface area contributed by atoms with Crippen molar-refractivity contribution < 1.29 is 9.18 Å². The van der Waals surface area contributed by atoms with E-state index in [1.165, 1.54) is 16.6 Å². The first-order valence-corrected chi connectivity index (χ1v) is 7.45. The van der Waals surface area contributed by atoms with Gasteiger partial charge in [-0.1, -0.05) is 0 Å². The Labute approximate surface area is 141 Å². The summed E-state index contributed by atoms with van der Waals surface area (Å²) < 4.78 is 16.0. The van der Waals surface area contributed by atoms with E-state index < -0.39 is 0 Å². The van der Waals surface area contributed by atoms with E-state index in [9.17, 15) is 9.18 Å². The third-order valence-electron chi connectivity index (χ3n) is 3.44. The van der Waals surface area contributed by atoms with Crippen LogP contribution >= 0.6 is 0 Å². The quantitative estimate of drug-likeness (QED) is 0.611. The molecular formula is C16H12FN7O. The average molecular weight is 337 g/mol. The van der Waals surface area contributed by atoms with Crippen LogP contribution in [0.2, 0.25) is 0 Å². The van der Waals surface area contributed by atoms with Gasteiger partial charge in [0.2, 0.25) is 5.91 Å². The van der Waals surface area contributed by atoms with Crippen LogP contribution in [-0.4, -0.2) is 35.3 Å². The molecule has 1 aromatic carbocycles. The number of benzene rings is 1. The van der Waals surface area contributed by atoms with Gasteiger partial charge in [-0.2, -0.15) is 10.1 Å². The molecule has 0 saturated carbocycles. The third kappa shape index (κ3) is 3.20.